The fourth-order valence-electron chi connectivity index (χ4n) is 3.37. The zero-order valence-electron chi connectivity index (χ0n) is 15.0. The normalized spacial score (nSPS) is 15.9. The molecule has 0 aliphatic carbocycles. The number of aryl methyl sites for hydroxylation is 1. The molecule has 3 nitrogen and oxygen atoms in total. The second kappa shape index (κ2) is 8.54. The van der Waals surface area contributed by atoms with Gasteiger partial charge in [-0.1, -0.05) is 35.9 Å². The summed E-state index contributed by atoms with van der Waals surface area (Å²) in [7, 11) is 0. The number of piperidine rings is 1. The molecule has 1 aliphatic rings. The summed E-state index contributed by atoms with van der Waals surface area (Å²) in [5, 5.41) is 3.09. The van der Waals surface area contributed by atoms with Crippen molar-refractivity contribution in [2.24, 2.45) is 5.92 Å². The van der Waals surface area contributed by atoms with Crippen molar-refractivity contribution in [2.45, 2.75) is 31.2 Å². The van der Waals surface area contributed by atoms with E-state index in [1.807, 2.05) is 24.5 Å². The lowest BCUT2D eigenvalue weighted by molar-refractivity contribution is -0.121. The van der Waals surface area contributed by atoms with E-state index in [4.69, 9.17) is 0 Å². The number of thioether (sulfide) groups is 1. The van der Waals surface area contributed by atoms with Gasteiger partial charge in [0.1, 0.15) is 0 Å². The minimum absolute atomic E-state index is 0.117. The largest absolute Gasteiger partial charge is 0.326 e. The molecule has 2 aromatic carbocycles. The number of amides is 1. The summed E-state index contributed by atoms with van der Waals surface area (Å²) in [5.41, 5.74) is 3.56. The first-order valence-corrected chi connectivity index (χ1v) is 10.1. The lowest BCUT2D eigenvalue weighted by Crippen LogP contribution is -2.37. The van der Waals surface area contributed by atoms with Gasteiger partial charge in [-0.05, 0) is 62.9 Å². The van der Waals surface area contributed by atoms with Crippen molar-refractivity contribution in [2.75, 3.05) is 24.7 Å². The molecule has 4 heteroatoms. The molecule has 1 fully saturated rings. The van der Waals surface area contributed by atoms with E-state index in [2.05, 4.69) is 47.5 Å². The third kappa shape index (κ3) is 5.10. The molecule has 25 heavy (non-hydrogen) atoms. The number of rotatable bonds is 5. The maximum Gasteiger partial charge on any atom is 0.227 e. The van der Waals surface area contributed by atoms with Gasteiger partial charge in [0.05, 0.1) is 0 Å². The van der Waals surface area contributed by atoms with Gasteiger partial charge in [0.25, 0.3) is 0 Å². The number of carbonyl (C=O) groups excluding carboxylic acids is 1. The third-order valence-electron chi connectivity index (χ3n) is 4.78. The van der Waals surface area contributed by atoms with Gasteiger partial charge < -0.3 is 5.32 Å². The van der Waals surface area contributed by atoms with Crippen molar-refractivity contribution in [3.8, 4) is 0 Å². The Balaban J connectivity index is 1.50. The Bertz CT molecular complexity index is 723. The molecule has 0 bridgehead atoms. The Morgan fingerprint density at radius 2 is 1.92 bits per heavy atom. The van der Waals surface area contributed by atoms with Crippen LogP contribution in [0.5, 0.6) is 0 Å². The van der Waals surface area contributed by atoms with Crippen LogP contribution in [0.4, 0.5) is 5.69 Å². The molecule has 1 aliphatic heterocycles. The molecule has 1 saturated heterocycles. The lowest BCUT2D eigenvalue weighted by Gasteiger charge is -2.31. The van der Waals surface area contributed by atoms with Crippen LogP contribution in [0.2, 0.25) is 0 Å². The molecule has 3 rings (SSSR count). The van der Waals surface area contributed by atoms with Crippen molar-refractivity contribution in [3.63, 3.8) is 0 Å². The van der Waals surface area contributed by atoms with Gasteiger partial charge in [-0.2, -0.15) is 0 Å². The Kier molecular flexibility index (Phi) is 6.16. The molecule has 1 heterocycles. The topological polar surface area (TPSA) is 32.3 Å². The molecule has 0 spiro atoms. The lowest BCUT2D eigenvalue weighted by atomic mass is 9.95. The van der Waals surface area contributed by atoms with Crippen molar-refractivity contribution in [1.82, 2.24) is 4.90 Å². The van der Waals surface area contributed by atoms with Gasteiger partial charge in [-0.15, -0.1) is 11.8 Å². The smallest absolute Gasteiger partial charge is 0.227 e. The van der Waals surface area contributed by atoms with Crippen molar-refractivity contribution in [1.29, 1.82) is 0 Å². The van der Waals surface area contributed by atoms with Gasteiger partial charge >= 0.3 is 0 Å². The monoisotopic (exact) mass is 354 g/mol. The Morgan fingerprint density at radius 1 is 1.16 bits per heavy atom. The van der Waals surface area contributed by atoms with Crippen LogP contribution >= 0.6 is 11.8 Å². The number of benzene rings is 2. The highest BCUT2D eigenvalue weighted by atomic mass is 32.2. The van der Waals surface area contributed by atoms with Gasteiger partial charge in [0.15, 0.2) is 0 Å². The zero-order chi connectivity index (χ0) is 17.6. The molecule has 2 aromatic rings. The average Bonchev–Trinajstić information content (AvgIpc) is 2.62. The van der Waals surface area contributed by atoms with Gasteiger partial charge in [0.2, 0.25) is 5.91 Å². The molecule has 0 saturated carbocycles. The maximum absolute atomic E-state index is 12.5. The first-order chi connectivity index (χ1) is 12.1. The van der Waals surface area contributed by atoms with Crippen LogP contribution in [0.25, 0.3) is 0 Å². The zero-order valence-corrected chi connectivity index (χ0v) is 15.8. The van der Waals surface area contributed by atoms with E-state index in [0.29, 0.717) is 0 Å². The first kappa shape index (κ1) is 18.0. The third-order valence-corrected chi connectivity index (χ3v) is 5.51. The van der Waals surface area contributed by atoms with E-state index >= 15 is 0 Å². The molecule has 1 amide bonds. The highest BCUT2D eigenvalue weighted by Crippen LogP contribution is 2.23. The van der Waals surface area contributed by atoms with Crippen LogP contribution in [0, 0.1) is 12.8 Å². The molecule has 0 unspecified atom stereocenters. The summed E-state index contributed by atoms with van der Waals surface area (Å²) in [6, 6.07) is 16.7. The van der Waals surface area contributed by atoms with Crippen LogP contribution in [0.1, 0.15) is 24.0 Å². The number of anilines is 1. The molecule has 1 N–H and O–H groups in total. The number of nitrogens with one attached hydrogen (secondary N) is 1. The molecule has 0 radical (unpaired) electrons. The summed E-state index contributed by atoms with van der Waals surface area (Å²) in [4.78, 5) is 16.2. The second-order valence-electron chi connectivity index (χ2n) is 6.76. The van der Waals surface area contributed by atoms with Crippen LogP contribution in [-0.4, -0.2) is 30.2 Å². The summed E-state index contributed by atoms with van der Waals surface area (Å²) in [6.45, 7) is 5.08. The molecular weight excluding hydrogens is 328 g/mol. The predicted molar refractivity (Wildman–Crippen MR) is 106 cm³/mol. The number of hydrogen-bond acceptors (Lipinski definition) is 3. The highest BCUT2D eigenvalue weighted by molar-refractivity contribution is 7.98. The van der Waals surface area contributed by atoms with E-state index in [1.165, 1.54) is 16.0 Å². The fraction of sp³-hybridized carbons (Fsp3) is 0.381. The first-order valence-electron chi connectivity index (χ1n) is 8.87. The van der Waals surface area contributed by atoms with Crippen molar-refractivity contribution in [3.05, 3.63) is 59.7 Å². The minimum Gasteiger partial charge on any atom is -0.326 e. The Morgan fingerprint density at radius 3 is 2.64 bits per heavy atom. The van der Waals surface area contributed by atoms with Crippen LogP contribution in [0.3, 0.4) is 0 Å². The van der Waals surface area contributed by atoms with Crippen LogP contribution in [0.15, 0.2) is 53.4 Å². The van der Waals surface area contributed by atoms with E-state index in [0.717, 1.165) is 38.2 Å². The van der Waals surface area contributed by atoms with E-state index < -0.39 is 0 Å². The van der Waals surface area contributed by atoms with E-state index in [-0.39, 0.29) is 11.8 Å². The SMILES string of the molecule is CSc1cccc(NC(=O)C2CCN(Cc3cccc(C)c3)CC2)c1. The predicted octanol–water partition coefficient (Wildman–Crippen LogP) is 4.57. The van der Waals surface area contributed by atoms with Gasteiger partial charge in [-0.3, -0.25) is 9.69 Å². The number of carbonyl (C=O) groups is 1. The summed E-state index contributed by atoms with van der Waals surface area (Å²) in [5.74, 6) is 0.278. The molecule has 132 valence electrons. The molecule has 0 atom stereocenters. The Labute approximate surface area is 154 Å². The van der Waals surface area contributed by atoms with Gasteiger partial charge in [0, 0.05) is 23.0 Å². The van der Waals surface area contributed by atoms with E-state index in [9.17, 15) is 4.79 Å². The highest BCUT2D eigenvalue weighted by Gasteiger charge is 2.25. The minimum atomic E-state index is 0.117. The second-order valence-corrected chi connectivity index (χ2v) is 7.64. The average molecular weight is 355 g/mol. The van der Waals surface area contributed by atoms with Crippen LogP contribution < -0.4 is 5.32 Å². The summed E-state index contributed by atoms with van der Waals surface area (Å²) < 4.78 is 0. The van der Waals surface area contributed by atoms with Crippen molar-refractivity contribution >= 4 is 23.4 Å². The number of nitrogens with zero attached hydrogens (tertiary/aromatic N) is 1. The van der Waals surface area contributed by atoms with E-state index in [1.54, 1.807) is 11.8 Å². The summed E-state index contributed by atoms with van der Waals surface area (Å²) in [6.07, 6.45) is 3.91. The number of likely N-dealkylation sites (tertiary alicyclic amines) is 1. The molecular formula is C21H26N2OS. The molecule has 0 aromatic heterocycles. The maximum atomic E-state index is 12.5. The van der Waals surface area contributed by atoms with Crippen molar-refractivity contribution < 1.29 is 4.79 Å². The van der Waals surface area contributed by atoms with Gasteiger partial charge in [-0.25, -0.2) is 0 Å². The number of hydrogen-bond donors (Lipinski definition) is 1. The Hall–Kier alpha value is -1.78. The quantitative estimate of drug-likeness (QED) is 0.799. The fourth-order valence-corrected chi connectivity index (χ4v) is 3.83. The van der Waals surface area contributed by atoms with Crippen LogP contribution in [-0.2, 0) is 11.3 Å². The summed E-state index contributed by atoms with van der Waals surface area (Å²) >= 11 is 1.69. The standard InChI is InChI=1S/C21H26N2OS/c1-16-5-3-6-17(13-16)15-23-11-9-18(10-12-23)21(24)22-19-7-4-8-20(14-19)25-2/h3-8,13-14,18H,9-12,15H2,1-2H3,(H,22,24).